The highest BCUT2D eigenvalue weighted by atomic mass is 28.1. The number of hydrogen-bond donors (Lipinski definition) is 0. The van der Waals surface area contributed by atoms with Crippen LogP contribution in [0.3, 0.4) is 0 Å². The summed E-state index contributed by atoms with van der Waals surface area (Å²) < 4.78 is 4.97. The molecule has 64 valence electrons. The van der Waals surface area contributed by atoms with Crippen LogP contribution < -0.4 is 4.74 Å². The van der Waals surface area contributed by atoms with Crippen molar-refractivity contribution in [1.29, 1.82) is 0 Å². The molecular formula is C10H14OSi. The predicted molar refractivity (Wildman–Crippen MR) is 57.4 cm³/mol. The summed E-state index contributed by atoms with van der Waals surface area (Å²) in [6, 6.07) is 9.52. The summed E-state index contributed by atoms with van der Waals surface area (Å²) in [5.74, 6) is 0.826. The summed E-state index contributed by atoms with van der Waals surface area (Å²) in [7, 11) is 1.13. The molecule has 0 amide bonds. The van der Waals surface area contributed by atoms with Gasteiger partial charge in [0.05, 0.1) is 6.26 Å². The Bertz CT molecular complexity index is 219. The minimum Gasteiger partial charge on any atom is -0.466 e. The molecule has 1 rings (SSSR count). The van der Waals surface area contributed by atoms with Gasteiger partial charge in [-0.2, -0.15) is 0 Å². The molecule has 0 saturated carbocycles. The van der Waals surface area contributed by atoms with Gasteiger partial charge in [-0.05, 0) is 12.1 Å². The first-order valence-corrected chi connectivity index (χ1v) is 4.90. The van der Waals surface area contributed by atoms with E-state index in [2.05, 4.69) is 13.2 Å². The van der Waals surface area contributed by atoms with Gasteiger partial charge in [0.1, 0.15) is 5.75 Å². The molecule has 12 heavy (non-hydrogen) atoms. The summed E-state index contributed by atoms with van der Waals surface area (Å²) in [5, 5.41) is 0. The Morgan fingerprint density at radius 3 is 2.08 bits per heavy atom. The van der Waals surface area contributed by atoms with E-state index in [1.54, 1.807) is 0 Å². The van der Waals surface area contributed by atoms with Crippen molar-refractivity contribution in [3.8, 4) is 5.75 Å². The van der Waals surface area contributed by atoms with Crippen molar-refractivity contribution >= 4 is 10.2 Å². The molecule has 1 aromatic rings. The number of para-hydroxylation sites is 1. The van der Waals surface area contributed by atoms with E-state index in [9.17, 15) is 0 Å². The highest BCUT2D eigenvalue weighted by Gasteiger charge is 1.82. The molecule has 0 fully saturated rings. The molecule has 0 N–H and O–H groups in total. The second-order valence-electron chi connectivity index (χ2n) is 2.01. The van der Waals surface area contributed by atoms with Crippen molar-refractivity contribution in [2.75, 3.05) is 0 Å². The number of rotatable bonds is 2. The fourth-order valence-corrected chi connectivity index (χ4v) is 0.595. The lowest BCUT2D eigenvalue weighted by Gasteiger charge is -1.95. The van der Waals surface area contributed by atoms with E-state index in [0.29, 0.717) is 0 Å². The lowest BCUT2D eigenvalue weighted by Crippen LogP contribution is -1.76. The fourth-order valence-electron chi connectivity index (χ4n) is 0.595. The van der Waals surface area contributed by atoms with Crippen LogP contribution in [0.5, 0.6) is 5.75 Å². The maximum atomic E-state index is 4.97. The standard InChI is InChI=1S/C8H8O.C2H6Si/c1-2-9-8-6-4-3-5-7-8;1-2-3/h2-7H,1H2;2H,1H2,3H3. The summed E-state index contributed by atoms with van der Waals surface area (Å²) in [6.07, 6.45) is 1.41. The number of benzene rings is 1. The van der Waals surface area contributed by atoms with E-state index >= 15 is 0 Å². The van der Waals surface area contributed by atoms with E-state index in [1.807, 2.05) is 36.0 Å². The summed E-state index contributed by atoms with van der Waals surface area (Å²) in [6.45, 7) is 6.86. The van der Waals surface area contributed by atoms with Gasteiger partial charge in [-0.3, -0.25) is 0 Å². The third kappa shape index (κ3) is 5.50. The topological polar surface area (TPSA) is 9.23 Å². The van der Waals surface area contributed by atoms with E-state index in [-0.39, 0.29) is 0 Å². The highest BCUT2D eigenvalue weighted by molar-refractivity contribution is 6.16. The molecular weight excluding hydrogens is 164 g/mol. The minimum atomic E-state index is 0.826. The molecule has 0 atom stereocenters. The Labute approximate surface area is 76.8 Å². The van der Waals surface area contributed by atoms with Crippen molar-refractivity contribution in [3.05, 3.63) is 55.5 Å². The molecule has 0 unspecified atom stereocenters. The first-order valence-electron chi connectivity index (χ1n) is 3.74. The quantitative estimate of drug-likeness (QED) is 0.495. The first kappa shape index (κ1) is 10.7. The molecule has 0 saturated heterocycles. The van der Waals surface area contributed by atoms with Crippen LogP contribution in [0.1, 0.15) is 0 Å². The van der Waals surface area contributed by atoms with Crippen LogP contribution in [-0.2, 0) is 0 Å². The SMILES string of the molecule is C=COc1ccccc1.C=C[SiH3]. The van der Waals surface area contributed by atoms with Gasteiger partial charge in [0.15, 0.2) is 0 Å². The highest BCUT2D eigenvalue weighted by Crippen LogP contribution is 2.07. The van der Waals surface area contributed by atoms with Crippen LogP contribution in [0, 0.1) is 0 Å². The predicted octanol–water partition coefficient (Wildman–Crippen LogP) is 1.70. The molecule has 0 aliphatic rings. The Morgan fingerprint density at radius 1 is 1.17 bits per heavy atom. The van der Waals surface area contributed by atoms with Crippen LogP contribution in [0.2, 0.25) is 0 Å². The molecule has 0 bridgehead atoms. The van der Waals surface area contributed by atoms with Crippen LogP contribution in [0.25, 0.3) is 0 Å². The Morgan fingerprint density at radius 2 is 1.67 bits per heavy atom. The maximum absolute atomic E-state index is 4.97. The smallest absolute Gasteiger partial charge is 0.126 e. The Balaban J connectivity index is 0.000000354. The minimum absolute atomic E-state index is 0.826. The Kier molecular flexibility index (Phi) is 6.98. The van der Waals surface area contributed by atoms with E-state index in [0.717, 1.165) is 16.0 Å². The maximum Gasteiger partial charge on any atom is 0.126 e. The molecule has 0 aromatic heterocycles. The lowest BCUT2D eigenvalue weighted by atomic mass is 10.3. The lowest BCUT2D eigenvalue weighted by molar-refractivity contribution is 0.483. The van der Waals surface area contributed by atoms with Gasteiger partial charge in [-0.15, -0.1) is 12.3 Å². The second kappa shape index (κ2) is 7.82. The summed E-state index contributed by atoms with van der Waals surface area (Å²) in [4.78, 5) is 0. The van der Waals surface area contributed by atoms with Gasteiger partial charge in [0, 0.05) is 10.2 Å². The first-order chi connectivity index (χ1) is 5.85. The van der Waals surface area contributed by atoms with Crippen LogP contribution in [-0.4, -0.2) is 10.2 Å². The Hall–Kier alpha value is -1.28. The zero-order valence-corrected chi connectivity index (χ0v) is 9.36. The largest absolute Gasteiger partial charge is 0.466 e. The molecule has 0 radical (unpaired) electrons. The average Bonchev–Trinajstić information content (AvgIpc) is 2.08. The van der Waals surface area contributed by atoms with Gasteiger partial charge in [-0.25, -0.2) is 0 Å². The molecule has 1 nitrogen and oxygen atoms in total. The third-order valence-corrected chi connectivity index (χ3v) is 0.963. The van der Waals surface area contributed by atoms with E-state index < -0.39 is 0 Å². The number of ether oxygens (including phenoxy) is 1. The second-order valence-corrected chi connectivity index (χ2v) is 2.82. The molecule has 0 heterocycles. The third-order valence-electron chi connectivity index (χ3n) is 0.963. The van der Waals surface area contributed by atoms with Crippen molar-refractivity contribution < 1.29 is 4.74 Å². The number of hydrogen-bond acceptors (Lipinski definition) is 1. The van der Waals surface area contributed by atoms with Crippen LogP contribution in [0.15, 0.2) is 55.5 Å². The normalized spacial score (nSPS) is 7.67. The van der Waals surface area contributed by atoms with Gasteiger partial charge in [0.25, 0.3) is 0 Å². The van der Waals surface area contributed by atoms with Crippen molar-refractivity contribution in [2.45, 2.75) is 0 Å². The van der Waals surface area contributed by atoms with E-state index in [4.69, 9.17) is 4.74 Å². The zero-order chi connectivity index (χ0) is 9.23. The van der Waals surface area contributed by atoms with Gasteiger partial charge in [-0.1, -0.05) is 24.8 Å². The van der Waals surface area contributed by atoms with Gasteiger partial charge in [0.2, 0.25) is 0 Å². The van der Waals surface area contributed by atoms with Crippen LogP contribution >= 0.6 is 0 Å². The average molecular weight is 178 g/mol. The van der Waals surface area contributed by atoms with E-state index in [1.165, 1.54) is 6.26 Å². The molecule has 0 aliphatic carbocycles. The monoisotopic (exact) mass is 178 g/mol. The summed E-state index contributed by atoms with van der Waals surface area (Å²) >= 11 is 0. The van der Waals surface area contributed by atoms with Crippen molar-refractivity contribution in [1.82, 2.24) is 0 Å². The fraction of sp³-hybridized carbons (Fsp3) is 0. The van der Waals surface area contributed by atoms with Gasteiger partial charge >= 0.3 is 0 Å². The van der Waals surface area contributed by atoms with Crippen LogP contribution in [0.4, 0.5) is 0 Å². The molecule has 0 spiro atoms. The van der Waals surface area contributed by atoms with Crippen molar-refractivity contribution in [2.24, 2.45) is 0 Å². The van der Waals surface area contributed by atoms with Gasteiger partial charge < -0.3 is 4.74 Å². The summed E-state index contributed by atoms with van der Waals surface area (Å²) in [5.41, 5.74) is 1.89. The molecule has 2 heteroatoms. The van der Waals surface area contributed by atoms with Crippen molar-refractivity contribution in [3.63, 3.8) is 0 Å². The zero-order valence-electron chi connectivity index (χ0n) is 7.36. The molecule has 0 aliphatic heterocycles. The molecule has 1 aromatic carbocycles.